The standard InChI is InChI=1S/C24H26N4O3S/c1-5-27(6-2)20(29)14-32-24-26-21-16-9-7-8-10-17(16)25-22(21)23(30)28(24)18-13-15(3)11-12-19(18)31-4/h7-13,25H,5-6,14H2,1-4H3. The van der Waals surface area contributed by atoms with Gasteiger partial charge < -0.3 is 14.6 Å². The Bertz CT molecular complexity index is 1350. The first kappa shape index (κ1) is 22.0. The van der Waals surface area contributed by atoms with Crippen LogP contribution in [0.4, 0.5) is 0 Å². The normalized spacial score (nSPS) is 11.2. The van der Waals surface area contributed by atoms with Crippen molar-refractivity contribution in [2.24, 2.45) is 0 Å². The largest absolute Gasteiger partial charge is 0.495 e. The minimum Gasteiger partial charge on any atom is -0.495 e. The number of aromatic nitrogens is 3. The highest BCUT2D eigenvalue weighted by Gasteiger charge is 2.21. The van der Waals surface area contributed by atoms with E-state index in [0.29, 0.717) is 40.7 Å². The van der Waals surface area contributed by atoms with E-state index in [-0.39, 0.29) is 17.2 Å². The average molecular weight is 451 g/mol. The van der Waals surface area contributed by atoms with E-state index in [1.54, 1.807) is 16.6 Å². The molecule has 4 aromatic rings. The number of ether oxygens (including phenoxy) is 1. The van der Waals surface area contributed by atoms with Gasteiger partial charge in [0.15, 0.2) is 5.16 Å². The average Bonchev–Trinajstić information content (AvgIpc) is 3.17. The number of nitrogens with zero attached hydrogens (tertiary/aromatic N) is 3. The topological polar surface area (TPSA) is 80.2 Å². The lowest BCUT2D eigenvalue weighted by molar-refractivity contribution is -0.127. The molecule has 0 aliphatic rings. The van der Waals surface area contributed by atoms with Gasteiger partial charge in [0.05, 0.1) is 18.6 Å². The lowest BCUT2D eigenvalue weighted by Gasteiger charge is -2.19. The second kappa shape index (κ2) is 9.08. The molecule has 0 atom stereocenters. The molecule has 4 rings (SSSR count). The van der Waals surface area contributed by atoms with Gasteiger partial charge in [0.25, 0.3) is 5.56 Å². The van der Waals surface area contributed by atoms with Gasteiger partial charge in [0, 0.05) is 24.0 Å². The molecular formula is C24H26N4O3S. The van der Waals surface area contributed by atoms with Crippen molar-refractivity contribution < 1.29 is 9.53 Å². The van der Waals surface area contributed by atoms with Crippen molar-refractivity contribution in [1.29, 1.82) is 0 Å². The van der Waals surface area contributed by atoms with E-state index >= 15 is 0 Å². The molecule has 0 unspecified atom stereocenters. The van der Waals surface area contributed by atoms with Gasteiger partial charge in [-0.3, -0.25) is 9.59 Å². The van der Waals surface area contributed by atoms with Crippen molar-refractivity contribution in [1.82, 2.24) is 19.4 Å². The number of carbonyl (C=O) groups excluding carboxylic acids is 1. The Morgan fingerprint density at radius 2 is 1.94 bits per heavy atom. The number of benzene rings is 2. The molecule has 32 heavy (non-hydrogen) atoms. The number of aromatic amines is 1. The number of H-pyrrole nitrogens is 1. The van der Waals surface area contributed by atoms with Gasteiger partial charge >= 0.3 is 0 Å². The van der Waals surface area contributed by atoms with Crippen LogP contribution in [0, 0.1) is 6.92 Å². The first-order valence-electron chi connectivity index (χ1n) is 10.6. The maximum atomic E-state index is 13.7. The quantitative estimate of drug-likeness (QED) is 0.338. The molecule has 7 nitrogen and oxygen atoms in total. The molecule has 0 saturated carbocycles. The predicted molar refractivity (Wildman–Crippen MR) is 129 cm³/mol. The van der Waals surface area contributed by atoms with Crippen LogP contribution >= 0.6 is 11.8 Å². The zero-order valence-electron chi connectivity index (χ0n) is 18.6. The molecule has 0 spiro atoms. The maximum Gasteiger partial charge on any atom is 0.283 e. The van der Waals surface area contributed by atoms with Crippen molar-refractivity contribution in [3.63, 3.8) is 0 Å². The Balaban J connectivity index is 1.94. The summed E-state index contributed by atoms with van der Waals surface area (Å²) in [6.07, 6.45) is 0. The molecule has 0 aliphatic carbocycles. The molecular weight excluding hydrogens is 424 g/mol. The van der Waals surface area contributed by atoms with Gasteiger partial charge in [-0.25, -0.2) is 9.55 Å². The van der Waals surface area contributed by atoms with Crippen LogP contribution in [0.1, 0.15) is 19.4 Å². The van der Waals surface area contributed by atoms with Crippen molar-refractivity contribution >= 4 is 39.6 Å². The molecule has 0 radical (unpaired) electrons. The molecule has 0 aliphatic heterocycles. The highest BCUT2D eigenvalue weighted by molar-refractivity contribution is 7.99. The van der Waals surface area contributed by atoms with Crippen molar-refractivity contribution in [3.05, 3.63) is 58.4 Å². The number of nitrogens with one attached hydrogen (secondary N) is 1. The molecule has 8 heteroatoms. The van der Waals surface area contributed by atoms with Crippen LogP contribution in [0.15, 0.2) is 52.4 Å². The molecule has 0 saturated heterocycles. The molecule has 2 heterocycles. The van der Waals surface area contributed by atoms with Crippen molar-refractivity contribution in [2.75, 3.05) is 26.0 Å². The lowest BCUT2D eigenvalue weighted by Crippen LogP contribution is -2.32. The fraction of sp³-hybridized carbons (Fsp3) is 0.292. The van der Waals surface area contributed by atoms with Crippen LogP contribution in [0.2, 0.25) is 0 Å². The number of amides is 1. The van der Waals surface area contributed by atoms with E-state index in [9.17, 15) is 9.59 Å². The number of aryl methyl sites for hydroxylation is 1. The SMILES string of the molecule is CCN(CC)C(=O)CSc1nc2c([nH]c3ccccc32)c(=O)n1-c1cc(C)ccc1OC. The number of methoxy groups -OCH3 is 1. The van der Waals surface area contributed by atoms with E-state index in [4.69, 9.17) is 9.72 Å². The number of hydrogen-bond acceptors (Lipinski definition) is 5. The summed E-state index contributed by atoms with van der Waals surface area (Å²) in [5, 5.41) is 1.33. The summed E-state index contributed by atoms with van der Waals surface area (Å²) >= 11 is 1.27. The summed E-state index contributed by atoms with van der Waals surface area (Å²) in [6.45, 7) is 7.15. The fourth-order valence-electron chi connectivity index (χ4n) is 3.82. The Morgan fingerprint density at radius 1 is 1.19 bits per heavy atom. The fourth-order valence-corrected chi connectivity index (χ4v) is 4.72. The number of fused-ring (bicyclic) bond motifs is 3. The summed E-state index contributed by atoms with van der Waals surface area (Å²) in [7, 11) is 1.57. The monoisotopic (exact) mass is 450 g/mol. The third-order valence-corrected chi connectivity index (χ3v) is 6.43. The number of thioether (sulfide) groups is 1. The molecule has 2 aromatic heterocycles. The predicted octanol–water partition coefficient (Wildman–Crippen LogP) is 4.14. The van der Waals surface area contributed by atoms with Crippen LogP contribution < -0.4 is 10.3 Å². The third kappa shape index (κ3) is 3.86. The Labute approximate surface area is 190 Å². The van der Waals surface area contributed by atoms with Crippen molar-refractivity contribution in [2.45, 2.75) is 25.9 Å². The van der Waals surface area contributed by atoms with Gasteiger partial charge in [0.2, 0.25) is 5.91 Å². The summed E-state index contributed by atoms with van der Waals surface area (Å²) in [5.74, 6) is 0.763. The molecule has 0 fully saturated rings. The number of para-hydroxylation sites is 1. The van der Waals surface area contributed by atoms with Crippen LogP contribution in [0.25, 0.3) is 27.6 Å². The van der Waals surface area contributed by atoms with Crippen LogP contribution in [-0.4, -0.2) is 51.3 Å². The minimum absolute atomic E-state index is 0.0102. The molecule has 1 amide bonds. The van der Waals surface area contributed by atoms with E-state index < -0.39 is 0 Å². The maximum absolute atomic E-state index is 13.7. The van der Waals surface area contributed by atoms with Gasteiger partial charge in [-0.05, 0) is 44.5 Å². The zero-order valence-corrected chi connectivity index (χ0v) is 19.5. The Hall–Kier alpha value is -3.26. The first-order valence-corrected chi connectivity index (χ1v) is 11.6. The van der Waals surface area contributed by atoms with Gasteiger partial charge in [-0.2, -0.15) is 0 Å². The van der Waals surface area contributed by atoms with E-state index in [1.807, 2.05) is 63.2 Å². The Kier molecular flexibility index (Phi) is 6.23. The van der Waals surface area contributed by atoms with E-state index in [1.165, 1.54) is 11.8 Å². The molecule has 2 aromatic carbocycles. The highest BCUT2D eigenvalue weighted by atomic mass is 32.2. The smallest absolute Gasteiger partial charge is 0.283 e. The molecule has 166 valence electrons. The van der Waals surface area contributed by atoms with Crippen LogP contribution in [-0.2, 0) is 4.79 Å². The third-order valence-electron chi connectivity index (χ3n) is 5.51. The Morgan fingerprint density at radius 3 is 2.66 bits per heavy atom. The molecule has 0 bridgehead atoms. The van der Waals surface area contributed by atoms with E-state index in [2.05, 4.69) is 4.98 Å². The minimum atomic E-state index is -0.229. The summed E-state index contributed by atoms with van der Waals surface area (Å²) in [6, 6.07) is 13.4. The lowest BCUT2D eigenvalue weighted by atomic mass is 10.2. The second-order valence-electron chi connectivity index (χ2n) is 7.46. The second-order valence-corrected chi connectivity index (χ2v) is 8.40. The summed E-state index contributed by atoms with van der Waals surface area (Å²) in [4.78, 5) is 36.2. The van der Waals surface area contributed by atoms with E-state index in [0.717, 1.165) is 16.5 Å². The number of carbonyl (C=O) groups is 1. The first-order chi connectivity index (χ1) is 15.5. The number of hydrogen-bond donors (Lipinski definition) is 1. The van der Waals surface area contributed by atoms with Crippen molar-refractivity contribution in [3.8, 4) is 11.4 Å². The zero-order chi connectivity index (χ0) is 22.8. The van der Waals surface area contributed by atoms with Gasteiger partial charge in [-0.1, -0.05) is 36.0 Å². The molecule has 1 N–H and O–H groups in total. The van der Waals surface area contributed by atoms with Crippen LogP contribution in [0.5, 0.6) is 5.75 Å². The highest BCUT2D eigenvalue weighted by Crippen LogP contribution is 2.30. The summed E-state index contributed by atoms with van der Waals surface area (Å²) < 4.78 is 7.10. The summed E-state index contributed by atoms with van der Waals surface area (Å²) in [5.41, 5.74) is 3.23. The number of rotatable bonds is 7. The van der Waals surface area contributed by atoms with Gasteiger partial charge in [0.1, 0.15) is 16.8 Å². The van der Waals surface area contributed by atoms with Gasteiger partial charge in [-0.15, -0.1) is 0 Å². The van der Waals surface area contributed by atoms with Crippen LogP contribution in [0.3, 0.4) is 0 Å².